The Balaban J connectivity index is 1.88. The first-order chi connectivity index (χ1) is 15.1. The van der Waals surface area contributed by atoms with E-state index in [4.69, 9.17) is 0 Å². The van der Waals surface area contributed by atoms with Crippen LogP contribution in [-0.2, 0) is 9.59 Å². The topological polar surface area (TPSA) is 89.5 Å². The van der Waals surface area contributed by atoms with Crippen molar-refractivity contribution in [2.75, 3.05) is 23.9 Å². The summed E-state index contributed by atoms with van der Waals surface area (Å²) in [7, 11) is 3.89. The zero-order valence-corrected chi connectivity index (χ0v) is 19.2. The van der Waals surface area contributed by atoms with Gasteiger partial charge in [-0.3, -0.25) is 14.5 Å². The summed E-state index contributed by atoms with van der Waals surface area (Å²) < 4.78 is 0. The van der Waals surface area contributed by atoms with Crippen molar-refractivity contribution >= 4 is 34.4 Å². The number of aliphatic hydroxyl groups is 1. The second-order valence-corrected chi connectivity index (χ2v) is 8.86. The van der Waals surface area contributed by atoms with Gasteiger partial charge in [0.2, 0.25) is 5.95 Å². The molecule has 1 aliphatic heterocycles. The lowest BCUT2D eigenvalue weighted by atomic mass is 9.91. The molecule has 1 unspecified atom stereocenters. The van der Waals surface area contributed by atoms with Crippen LogP contribution in [0.3, 0.4) is 0 Å². The number of nitrogens with zero attached hydrogens (tertiary/aromatic N) is 3. The number of hydrogen-bond donors (Lipinski definition) is 2. The quantitative estimate of drug-likeness (QED) is 0.625. The Kier molecular flexibility index (Phi) is 5.28. The number of carbonyl (C=O) groups excluding carboxylic acids is 2. The second kappa shape index (κ2) is 7.82. The molecule has 0 saturated heterocycles. The number of anilines is 2. The zero-order valence-electron chi connectivity index (χ0n) is 19.2. The summed E-state index contributed by atoms with van der Waals surface area (Å²) in [5.74, 6) is -1.48. The van der Waals surface area contributed by atoms with Crippen LogP contribution in [0.15, 0.2) is 47.7 Å². The fraction of sp³-hybridized carbons (Fsp3) is 0.320. The Morgan fingerprint density at radius 3 is 2.34 bits per heavy atom. The molecule has 32 heavy (non-hydrogen) atoms. The van der Waals surface area contributed by atoms with Crippen LogP contribution in [0.25, 0.3) is 11.0 Å². The number of Topliss-reactive ketones (excluding diaryl/α,β-unsaturated/α-hetero) is 1. The van der Waals surface area contributed by atoms with E-state index < -0.39 is 17.7 Å². The Morgan fingerprint density at radius 1 is 1.12 bits per heavy atom. The molecule has 1 aromatic heterocycles. The fourth-order valence-electron chi connectivity index (χ4n) is 4.03. The molecule has 1 aliphatic rings. The molecule has 7 heteroatoms. The second-order valence-electron chi connectivity index (χ2n) is 8.86. The van der Waals surface area contributed by atoms with Crippen molar-refractivity contribution in [3.8, 4) is 0 Å². The van der Waals surface area contributed by atoms with Crippen LogP contribution in [0.1, 0.15) is 36.6 Å². The van der Waals surface area contributed by atoms with Crippen LogP contribution in [0.4, 0.5) is 11.6 Å². The number of amides is 1. The number of aryl methyl sites for hydroxylation is 2. The third-order valence-electron chi connectivity index (χ3n) is 6.04. The highest BCUT2D eigenvalue weighted by Crippen LogP contribution is 2.41. The minimum atomic E-state index is -0.767. The molecule has 1 atom stereocenters. The van der Waals surface area contributed by atoms with E-state index in [0.717, 1.165) is 33.4 Å². The third kappa shape index (κ3) is 3.43. The van der Waals surface area contributed by atoms with Gasteiger partial charge in [0.05, 0.1) is 22.6 Å². The molecule has 0 radical (unpaired) electrons. The van der Waals surface area contributed by atoms with Crippen molar-refractivity contribution < 1.29 is 14.7 Å². The number of aromatic amines is 1. The molecule has 2 N–H and O–H groups in total. The number of fused-ring (bicyclic) bond motifs is 1. The molecule has 4 rings (SSSR count). The molecular weight excluding hydrogens is 404 g/mol. The lowest BCUT2D eigenvalue weighted by Gasteiger charge is -2.25. The van der Waals surface area contributed by atoms with Crippen LogP contribution in [0.5, 0.6) is 0 Å². The lowest BCUT2D eigenvalue weighted by molar-refractivity contribution is -0.119. The molecule has 0 aliphatic carbocycles. The Hall–Kier alpha value is -3.61. The number of ketones is 1. The van der Waals surface area contributed by atoms with Crippen LogP contribution < -0.4 is 9.80 Å². The summed E-state index contributed by atoms with van der Waals surface area (Å²) in [5, 5.41) is 10.8. The van der Waals surface area contributed by atoms with Gasteiger partial charge < -0.3 is 15.0 Å². The highest BCUT2D eigenvalue weighted by atomic mass is 16.3. The van der Waals surface area contributed by atoms with Gasteiger partial charge in [0.25, 0.3) is 5.91 Å². The van der Waals surface area contributed by atoms with E-state index in [2.05, 4.69) is 9.97 Å². The summed E-state index contributed by atoms with van der Waals surface area (Å²) in [6.07, 6.45) is 0. The number of aromatic nitrogens is 2. The molecule has 2 aromatic carbocycles. The smallest absolute Gasteiger partial charge is 0.296 e. The Bertz CT molecular complexity index is 1210. The molecule has 1 amide bonds. The minimum absolute atomic E-state index is 0.107. The first-order valence-corrected chi connectivity index (χ1v) is 10.6. The van der Waals surface area contributed by atoms with Crippen LogP contribution >= 0.6 is 0 Å². The molecule has 166 valence electrons. The fourth-order valence-corrected chi connectivity index (χ4v) is 4.03. The highest BCUT2D eigenvalue weighted by molar-refractivity contribution is 6.16. The van der Waals surface area contributed by atoms with E-state index in [1.807, 2.05) is 69.2 Å². The van der Waals surface area contributed by atoms with Crippen LogP contribution in [-0.4, -0.2) is 40.9 Å². The predicted molar refractivity (Wildman–Crippen MR) is 126 cm³/mol. The van der Waals surface area contributed by atoms with Gasteiger partial charge in [-0.1, -0.05) is 26.0 Å². The third-order valence-corrected chi connectivity index (χ3v) is 6.04. The van der Waals surface area contributed by atoms with E-state index >= 15 is 0 Å². The lowest BCUT2D eigenvalue weighted by Crippen LogP contribution is -2.32. The van der Waals surface area contributed by atoms with E-state index in [1.165, 1.54) is 4.90 Å². The number of imidazole rings is 1. The average Bonchev–Trinajstić information content (AvgIpc) is 3.25. The molecular formula is C25H28N4O3. The van der Waals surface area contributed by atoms with Crippen molar-refractivity contribution in [1.29, 1.82) is 0 Å². The van der Waals surface area contributed by atoms with Gasteiger partial charge in [-0.15, -0.1) is 0 Å². The number of carbonyl (C=O) groups is 2. The van der Waals surface area contributed by atoms with Crippen molar-refractivity contribution in [3.05, 3.63) is 64.4 Å². The van der Waals surface area contributed by atoms with E-state index in [9.17, 15) is 14.7 Å². The molecule has 3 aromatic rings. The minimum Gasteiger partial charge on any atom is -0.503 e. The monoisotopic (exact) mass is 432 g/mol. The maximum absolute atomic E-state index is 13.2. The molecule has 0 bridgehead atoms. The van der Waals surface area contributed by atoms with Crippen molar-refractivity contribution in [1.82, 2.24) is 9.97 Å². The molecule has 0 fully saturated rings. The molecule has 2 heterocycles. The van der Waals surface area contributed by atoms with Crippen molar-refractivity contribution in [2.45, 2.75) is 33.7 Å². The summed E-state index contributed by atoms with van der Waals surface area (Å²) in [4.78, 5) is 37.5. The standard InChI is InChI=1S/C25H28N4O3/c1-13(2)22(30)20-21(16-7-9-17(10-8-16)28(5)6)29(24(32)23(20)31)25-26-18-11-14(3)15(4)12-19(18)27-25/h7-13,21,31H,1-6H3,(H,26,27). The number of hydrogen-bond acceptors (Lipinski definition) is 5. The van der Waals surface area contributed by atoms with Crippen LogP contribution in [0.2, 0.25) is 0 Å². The van der Waals surface area contributed by atoms with Gasteiger partial charge in [-0.25, -0.2) is 4.98 Å². The SMILES string of the molecule is Cc1cc2nc(N3C(=O)C(O)=C(C(=O)C(C)C)C3c3ccc(N(C)C)cc3)[nH]c2cc1C. The Labute approximate surface area is 187 Å². The van der Waals surface area contributed by atoms with Gasteiger partial charge in [0.1, 0.15) is 0 Å². The van der Waals surface area contributed by atoms with Crippen molar-refractivity contribution in [2.24, 2.45) is 5.92 Å². The Morgan fingerprint density at radius 2 is 1.75 bits per heavy atom. The van der Waals surface area contributed by atoms with Crippen molar-refractivity contribution in [3.63, 3.8) is 0 Å². The first kappa shape index (κ1) is 21.6. The summed E-state index contributed by atoms with van der Waals surface area (Å²) in [5.41, 5.74) is 5.54. The number of H-pyrrole nitrogens is 1. The van der Waals surface area contributed by atoms with E-state index in [-0.39, 0.29) is 17.3 Å². The number of aliphatic hydroxyl groups excluding tert-OH is 1. The zero-order chi connectivity index (χ0) is 23.3. The van der Waals surface area contributed by atoms with Crippen LogP contribution in [0, 0.1) is 19.8 Å². The number of benzene rings is 2. The normalized spacial score (nSPS) is 16.5. The van der Waals surface area contributed by atoms with Gasteiger partial charge in [-0.2, -0.15) is 0 Å². The largest absolute Gasteiger partial charge is 0.503 e. The van der Waals surface area contributed by atoms with Gasteiger partial charge in [0.15, 0.2) is 11.5 Å². The van der Waals surface area contributed by atoms with E-state index in [0.29, 0.717) is 5.95 Å². The van der Waals surface area contributed by atoms with Gasteiger partial charge in [0, 0.05) is 25.7 Å². The number of rotatable bonds is 5. The van der Waals surface area contributed by atoms with E-state index in [1.54, 1.807) is 13.8 Å². The highest BCUT2D eigenvalue weighted by Gasteiger charge is 2.46. The predicted octanol–water partition coefficient (Wildman–Crippen LogP) is 4.37. The maximum Gasteiger partial charge on any atom is 0.296 e. The average molecular weight is 433 g/mol. The van der Waals surface area contributed by atoms with Gasteiger partial charge >= 0.3 is 0 Å². The summed E-state index contributed by atoms with van der Waals surface area (Å²) in [6, 6.07) is 10.8. The summed E-state index contributed by atoms with van der Waals surface area (Å²) in [6.45, 7) is 7.54. The van der Waals surface area contributed by atoms with Gasteiger partial charge in [-0.05, 0) is 54.8 Å². The maximum atomic E-state index is 13.2. The molecule has 7 nitrogen and oxygen atoms in total. The first-order valence-electron chi connectivity index (χ1n) is 10.6. The summed E-state index contributed by atoms with van der Waals surface area (Å²) >= 11 is 0. The molecule has 0 spiro atoms. The molecule has 0 saturated carbocycles. The number of nitrogens with one attached hydrogen (secondary N) is 1.